The summed E-state index contributed by atoms with van der Waals surface area (Å²) in [6.07, 6.45) is -8.24. The quantitative estimate of drug-likeness (QED) is 0.440. The number of carbonyl (C=O) groups is 1. The lowest BCUT2D eigenvalue weighted by molar-refractivity contribution is -0.143. The van der Waals surface area contributed by atoms with E-state index in [0.29, 0.717) is 30.4 Å². The van der Waals surface area contributed by atoms with Crippen LogP contribution in [0.3, 0.4) is 0 Å². The number of halogens is 6. The van der Waals surface area contributed by atoms with Crippen molar-refractivity contribution in [3.05, 3.63) is 34.9 Å². The monoisotopic (exact) mass is 396 g/mol. The smallest absolute Gasteiger partial charge is 0.416 e. The highest BCUT2D eigenvalue weighted by atomic mass is 19.4. The van der Waals surface area contributed by atoms with Gasteiger partial charge in [-0.1, -0.05) is 20.8 Å². The van der Waals surface area contributed by atoms with Gasteiger partial charge in [0.2, 0.25) is 0 Å². The van der Waals surface area contributed by atoms with Crippen molar-refractivity contribution in [2.24, 2.45) is 17.8 Å². The average Bonchev–Trinajstić information content (AvgIpc) is 2.54. The van der Waals surface area contributed by atoms with Crippen LogP contribution in [0.5, 0.6) is 0 Å². The highest BCUT2D eigenvalue weighted by Gasteiger charge is 2.38. The Morgan fingerprint density at radius 1 is 1.00 bits per heavy atom. The maximum absolute atomic E-state index is 12.9. The van der Waals surface area contributed by atoms with Crippen molar-refractivity contribution in [1.29, 1.82) is 0 Å². The molecule has 0 aliphatic heterocycles. The molecule has 1 fully saturated rings. The third-order valence-corrected chi connectivity index (χ3v) is 5.19. The lowest BCUT2D eigenvalue weighted by atomic mass is 9.76. The molecule has 1 aliphatic carbocycles. The molecular formula is C19H22F6O2. The van der Waals surface area contributed by atoms with E-state index in [1.807, 2.05) is 20.8 Å². The van der Waals surface area contributed by atoms with Crippen molar-refractivity contribution in [1.82, 2.24) is 0 Å². The molecule has 1 saturated carbocycles. The minimum absolute atomic E-state index is 0.00293. The number of esters is 1. The van der Waals surface area contributed by atoms with Crippen LogP contribution in [0.15, 0.2) is 18.2 Å². The summed E-state index contributed by atoms with van der Waals surface area (Å²) in [4.78, 5) is 12.3. The Morgan fingerprint density at radius 2 is 1.52 bits per heavy atom. The lowest BCUT2D eigenvalue weighted by Crippen LogP contribution is -2.34. The summed E-state index contributed by atoms with van der Waals surface area (Å²) in [6.45, 7) is 5.92. The van der Waals surface area contributed by atoms with Crippen LogP contribution in [0, 0.1) is 17.8 Å². The van der Waals surface area contributed by atoms with E-state index in [2.05, 4.69) is 0 Å². The van der Waals surface area contributed by atoms with Crippen LogP contribution in [0.2, 0.25) is 0 Å². The van der Waals surface area contributed by atoms with E-state index in [0.717, 1.165) is 12.8 Å². The molecule has 0 spiro atoms. The van der Waals surface area contributed by atoms with Crippen LogP contribution < -0.4 is 0 Å². The molecule has 2 rings (SSSR count). The van der Waals surface area contributed by atoms with E-state index >= 15 is 0 Å². The number of carbonyl (C=O) groups excluding carboxylic acids is 1. The average molecular weight is 396 g/mol. The van der Waals surface area contributed by atoms with Crippen LogP contribution in [0.25, 0.3) is 0 Å². The summed E-state index contributed by atoms with van der Waals surface area (Å²) in [5.74, 6) is -0.514. The van der Waals surface area contributed by atoms with Crippen molar-refractivity contribution in [3.8, 4) is 0 Å². The highest BCUT2D eigenvalue weighted by Crippen LogP contribution is 2.38. The van der Waals surface area contributed by atoms with Gasteiger partial charge in [-0.2, -0.15) is 26.3 Å². The largest absolute Gasteiger partial charge is 0.458 e. The molecule has 0 saturated heterocycles. The van der Waals surface area contributed by atoms with Gasteiger partial charge >= 0.3 is 18.3 Å². The number of hydrogen-bond acceptors (Lipinski definition) is 2. The number of benzene rings is 1. The van der Waals surface area contributed by atoms with Crippen molar-refractivity contribution < 1.29 is 35.9 Å². The fourth-order valence-electron chi connectivity index (χ4n) is 3.36. The fourth-order valence-corrected chi connectivity index (χ4v) is 3.36. The van der Waals surface area contributed by atoms with Crippen molar-refractivity contribution in [2.45, 2.75) is 58.5 Å². The molecule has 152 valence electrons. The molecule has 0 heterocycles. The van der Waals surface area contributed by atoms with Crippen molar-refractivity contribution in [3.63, 3.8) is 0 Å². The Morgan fingerprint density at radius 3 is 1.96 bits per heavy atom. The van der Waals surface area contributed by atoms with Gasteiger partial charge in [0.25, 0.3) is 0 Å². The van der Waals surface area contributed by atoms with E-state index in [4.69, 9.17) is 4.74 Å². The maximum Gasteiger partial charge on any atom is 0.416 e. The van der Waals surface area contributed by atoms with Crippen LogP contribution in [0.4, 0.5) is 26.3 Å². The van der Waals surface area contributed by atoms with Gasteiger partial charge in [0.15, 0.2) is 0 Å². The van der Waals surface area contributed by atoms with Crippen LogP contribution in [-0.4, -0.2) is 12.1 Å². The zero-order chi connectivity index (χ0) is 20.6. The molecule has 2 nitrogen and oxygen atoms in total. The second-order valence-corrected chi connectivity index (χ2v) is 7.53. The third-order valence-electron chi connectivity index (χ3n) is 5.19. The first-order chi connectivity index (χ1) is 12.3. The molecule has 1 aliphatic rings. The van der Waals surface area contributed by atoms with E-state index in [1.165, 1.54) is 0 Å². The summed E-state index contributed by atoms with van der Waals surface area (Å²) < 4.78 is 83.0. The summed E-state index contributed by atoms with van der Waals surface area (Å²) >= 11 is 0. The van der Waals surface area contributed by atoms with Crippen LogP contribution in [0.1, 0.15) is 61.5 Å². The normalized spacial score (nSPS) is 24.1. The van der Waals surface area contributed by atoms with Gasteiger partial charge in [0.1, 0.15) is 6.10 Å². The minimum atomic E-state index is -5.00. The van der Waals surface area contributed by atoms with E-state index in [1.54, 1.807) is 0 Å². The van der Waals surface area contributed by atoms with Gasteiger partial charge in [-0.15, -0.1) is 0 Å². The molecule has 0 aromatic heterocycles. The molecule has 3 atom stereocenters. The number of alkyl halides is 6. The molecule has 2 unspecified atom stereocenters. The first-order valence-electron chi connectivity index (χ1n) is 8.79. The molecule has 0 bridgehead atoms. The summed E-state index contributed by atoms with van der Waals surface area (Å²) in [7, 11) is 0. The van der Waals surface area contributed by atoms with Gasteiger partial charge in [-0.3, -0.25) is 0 Å². The Bertz CT molecular complexity index is 646. The van der Waals surface area contributed by atoms with Gasteiger partial charge < -0.3 is 4.74 Å². The fraction of sp³-hybridized carbons (Fsp3) is 0.632. The zero-order valence-electron chi connectivity index (χ0n) is 15.2. The van der Waals surface area contributed by atoms with Crippen molar-refractivity contribution in [2.75, 3.05) is 0 Å². The summed E-state index contributed by atoms with van der Waals surface area (Å²) in [5, 5.41) is 0. The number of hydrogen-bond donors (Lipinski definition) is 0. The Kier molecular flexibility index (Phi) is 6.16. The Labute approximate surface area is 153 Å². The zero-order valence-corrected chi connectivity index (χ0v) is 15.2. The van der Waals surface area contributed by atoms with Gasteiger partial charge in [0.05, 0.1) is 16.7 Å². The Balaban J connectivity index is 2.29. The standard InChI is InChI=1S/C19H22F6O2/c1-10(2)12-5-4-11(3)16(8-12)27-17(26)13-6-14(18(20,21)22)9-15(7-13)19(23,24)25/h6-7,9-12,16H,4-5,8H2,1-3H3/t11-,12?,16?/m0/s1. The summed E-state index contributed by atoms with van der Waals surface area (Å²) in [6, 6.07) is 0.810. The highest BCUT2D eigenvalue weighted by molar-refractivity contribution is 5.90. The SMILES string of the molecule is CC(C)C1CC[C@H](C)C(OC(=O)c2cc(C(F)(F)F)cc(C(F)(F)F)c2)C1. The second-order valence-electron chi connectivity index (χ2n) is 7.53. The van der Waals surface area contributed by atoms with Gasteiger partial charge in [-0.05, 0) is 55.2 Å². The molecule has 8 heteroatoms. The van der Waals surface area contributed by atoms with E-state index < -0.39 is 41.1 Å². The van der Waals surface area contributed by atoms with E-state index in [9.17, 15) is 31.1 Å². The molecule has 0 radical (unpaired) electrons. The maximum atomic E-state index is 12.9. The predicted molar refractivity (Wildman–Crippen MR) is 87.0 cm³/mol. The molecular weight excluding hydrogens is 374 g/mol. The van der Waals surface area contributed by atoms with Crippen molar-refractivity contribution >= 4 is 5.97 Å². The molecule has 1 aromatic rings. The third kappa shape index (κ3) is 5.39. The molecule has 0 amide bonds. The Hall–Kier alpha value is -1.73. The van der Waals surface area contributed by atoms with Gasteiger partial charge in [0, 0.05) is 0 Å². The molecule has 0 N–H and O–H groups in total. The van der Waals surface area contributed by atoms with Gasteiger partial charge in [-0.25, -0.2) is 4.79 Å². The topological polar surface area (TPSA) is 26.3 Å². The second kappa shape index (κ2) is 7.72. The van der Waals surface area contributed by atoms with Crippen LogP contribution >= 0.6 is 0 Å². The number of ether oxygens (including phenoxy) is 1. The predicted octanol–water partition coefficient (Wildman–Crippen LogP) is 6.34. The molecule has 27 heavy (non-hydrogen) atoms. The first kappa shape index (κ1) is 21.6. The minimum Gasteiger partial charge on any atom is -0.458 e. The van der Waals surface area contributed by atoms with Crippen LogP contribution in [-0.2, 0) is 17.1 Å². The summed E-state index contributed by atoms with van der Waals surface area (Å²) in [5.41, 5.74) is -3.79. The van der Waals surface area contributed by atoms with E-state index in [-0.39, 0.29) is 12.0 Å². The molecule has 1 aromatic carbocycles. The lowest BCUT2D eigenvalue weighted by Gasteiger charge is -2.35. The number of rotatable bonds is 3. The first-order valence-corrected chi connectivity index (χ1v) is 8.79.